The second-order valence-corrected chi connectivity index (χ2v) is 4.99. The first kappa shape index (κ1) is 12.2. The molecule has 1 aliphatic rings. The lowest BCUT2D eigenvalue weighted by Gasteiger charge is -2.24. The Labute approximate surface area is 112 Å². The van der Waals surface area contributed by atoms with Gasteiger partial charge >= 0.3 is 0 Å². The number of carbonyl (C=O) groups is 1. The molecule has 3 rings (SSSR count). The number of rotatable bonds is 3. The number of H-pyrrole nitrogens is 1. The molecule has 0 saturated carbocycles. The molecule has 19 heavy (non-hydrogen) atoms. The molecule has 1 saturated heterocycles. The van der Waals surface area contributed by atoms with Crippen LogP contribution in [0.2, 0.25) is 0 Å². The van der Waals surface area contributed by atoms with E-state index in [1.54, 1.807) is 6.33 Å². The molecule has 100 valence electrons. The summed E-state index contributed by atoms with van der Waals surface area (Å²) in [7, 11) is 1.93. The van der Waals surface area contributed by atoms with Crippen molar-refractivity contribution in [3.8, 4) is 0 Å². The summed E-state index contributed by atoms with van der Waals surface area (Å²) in [5.41, 5.74) is 2.54. The molecule has 1 aromatic heterocycles. The molecular formula is C14H18N4O. The highest BCUT2D eigenvalue weighted by Crippen LogP contribution is 2.21. The van der Waals surface area contributed by atoms with Crippen LogP contribution < -0.4 is 5.32 Å². The van der Waals surface area contributed by atoms with Gasteiger partial charge in [-0.15, -0.1) is 0 Å². The zero-order chi connectivity index (χ0) is 13.2. The third-order valence-corrected chi connectivity index (χ3v) is 3.74. The largest absolute Gasteiger partial charge is 0.345 e. The second kappa shape index (κ2) is 5.01. The smallest absolute Gasteiger partial charge is 0.254 e. The van der Waals surface area contributed by atoms with Gasteiger partial charge in [0.2, 0.25) is 0 Å². The Morgan fingerprint density at radius 2 is 2.47 bits per heavy atom. The number of nitrogens with one attached hydrogen (secondary N) is 2. The number of hydrogen-bond acceptors (Lipinski definition) is 3. The Balaban J connectivity index is 1.86. The maximum absolute atomic E-state index is 12.6. The average Bonchev–Trinajstić information content (AvgIpc) is 3.05. The van der Waals surface area contributed by atoms with Gasteiger partial charge in [0.15, 0.2) is 0 Å². The quantitative estimate of drug-likeness (QED) is 0.874. The highest BCUT2D eigenvalue weighted by Gasteiger charge is 2.28. The van der Waals surface area contributed by atoms with Gasteiger partial charge in [-0.1, -0.05) is 0 Å². The summed E-state index contributed by atoms with van der Waals surface area (Å²) >= 11 is 0. The Kier molecular flexibility index (Phi) is 3.21. The molecule has 1 aliphatic heterocycles. The van der Waals surface area contributed by atoms with Gasteiger partial charge in [0.05, 0.1) is 17.4 Å². The highest BCUT2D eigenvalue weighted by atomic mass is 16.2. The number of imidazole rings is 1. The minimum absolute atomic E-state index is 0.120. The van der Waals surface area contributed by atoms with Crippen molar-refractivity contribution in [3.63, 3.8) is 0 Å². The van der Waals surface area contributed by atoms with Crippen LogP contribution in [0.1, 0.15) is 23.2 Å². The number of hydrogen-bond donors (Lipinski definition) is 2. The fourth-order valence-corrected chi connectivity index (χ4v) is 2.79. The maximum Gasteiger partial charge on any atom is 0.254 e. The highest BCUT2D eigenvalue weighted by molar-refractivity contribution is 5.97. The molecule has 1 unspecified atom stereocenters. The van der Waals surface area contributed by atoms with Crippen LogP contribution in [-0.4, -0.2) is 47.0 Å². The first-order valence-corrected chi connectivity index (χ1v) is 6.68. The third kappa shape index (κ3) is 2.21. The van der Waals surface area contributed by atoms with E-state index in [1.165, 1.54) is 0 Å². The first-order valence-electron chi connectivity index (χ1n) is 6.68. The molecular weight excluding hydrogens is 240 g/mol. The van der Waals surface area contributed by atoms with Crippen molar-refractivity contribution in [2.75, 3.05) is 20.1 Å². The molecule has 1 aromatic carbocycles. The monoisotopic (exact) mass is 258 g/mol. The lowest BCUT2D eigenvalue weighted by Crippen LogP contribution is -2.40. The van der Waals surface area contributed by atoms with Crippen LogP contribution in [0.4, 0.5) is 0 Å². The topological polar surface area (TPSA) is 61.0 Å². The number of carbonyl (C=O) groups excluding carboxylic acids is 1. The number of amides is 1. The Morgan fingerprint density at radius 1 is 1.58 bits per heavy atom. The van der Waals surface area contributed by atoms with E-state index in [0.29, 0.717) is 6.04 Å². The molecule has 0 spiro atoms. The standard InChI is InChI=1S/C14H18N4O/c1-15-8-11-3-2-6-18(11)14(19)10-4-5-12-13(7-10)17-9-16-12/h4-5,7,9,11,15H,2-3,6,8H2,1H3,(H,16,17). The second-order valence-electron chi connectivity index (χ2n) is 4.99. The number of aromatic amines is 1. The molecule has 0 bridgehead atoms. The van der Waals surface area contributed by atoms with Crippen molar-refractivity contribution in [2.45, 2.75) is 18.9 Å². The molecule has 0 radical (unpaired) electrons. The molecule has 1 atom stereocenters. The number of likely N-dealkylation sites (N-methyl/N-ethyl adjacent to an activating group) is 1. The Morgan fingerprint density at radius 3 is 3.32 bits per heavy atom. The van der Waals surface area contributed by atoms with Crippen molar-refractivity contribution in [2.24, 2.45) is 0 Å². The van der Waals surface area contributed by atoms with Crippen molar-refractivity contribution < 1.29 is 4.79 Å². The third-order valence-electron chi connectivity index (χ3n) is 3.74. The van der Waals surface area contributed by atoms with Crippen molar-refractivity contribution in [3.05, 3.63) is 30.1 Å². The SMILES string of the molecule is CNCC1CCCN1C(=O)c1ccc2nc[nH]c2c1. The van der Waals surface area contributed by atoms with Gasteiger partial charge in [-0.2, -0.15) is 0 Å². The van der Waals surface area contributed by atoms with E-state index < -0.39 is 0 Å². The molecule has 5 nitrogen and oxygen atoms in total. The van der Waals surface area contributed by atoms with Gasteiger partial charge in [0.1, 0.15) is 0 Å². The summed E-state index contributed by atoms with van der Waals surface area (Å²) in [6, 6.07) is 5.96. The van der Waals surface area contributed by atoms with Crippen molar-refractivity contribution in [1.29, 1.82) is 0 Å². The van der Waals surface area contributed by atoms with E-state index in [2.05, 4.69) is 15.3 Å². The van der Waals surface area contributed by atoms with Crippen LogP contribution in [0.15, 0.2) is 24.5 Å². The van der Waals surface area contributed by atoms with E-state index in [-0.39, 0.29) is 5.91 Å². The normalized spacial score (nSPS) is 19.2. The van der Waals surface area contributed by atoms with Crippen LogP contribution in [0.25, 0.3) is 11.0 Å². The van der Waals surface area contributed by atoms with Crippen LogP contribution in [0.5, 0.6) is 0 Å². The average molecular weight is 258 g/mol. The Hall–Kier alpha value is -1.88. The lowest BCUT2D eigenvalue weighted by molar-refractivity contribution is 0.0737. The van der Waals surface area contributed by atoms with Gasteiger partial charge in [-0.3, -0.25) is 4.79 Å². The van der Waals surface area contributed by atoms with Gasteiger partial charge in [-0.25, -0.2) is 4.98 Å². The Bertz CT molecular complexity index is 592. The van der Waals surface area contributed by atoms with Crippen LogP contribution >= 0.6 is 0 Å². The van der Waals surface area contributed by atoms with Gasteiger partial charge in [-0.05, 0) is 38.1 Å². The fourth-order valence-electron chi connectivity index (χ4n) is 2.79. The summed E-state index contributed by atoms with van der Waals surface area (Å²) in [5.74, 6) is 0.120. The van der Waals surface area contributed by atoms with E-state index >= 15 is 0 Å². The molecule has 1 amide bonds. The lowest BCUT2D eigenvalue weighted by atomic mass is 10.1. The summed E-state index contributed by atoms with van der Waals surface area (Å²) < 4.78 is 0. The minimum atomic E-state index is 0.120. The summed E-state index contributed by atoms with van der Waals surface area (Å²) in [6.07, 6.45) is 3.82. The van der Waals surface area contributed by atoms with Gasteiger partial charge in [0, 0.05) is 24.7 Å². The van der Waals surface area contributed by atoms with Crippen LogP contribution in [-0.2, 0) is 0 Å². The molecule has 0 aliphatic carbocycles. The molecule has 5 heteroatoms. The molecule has 1 fully saturated rings. The number of benzene rings is 1. The van der Waals surface area contributed by atoms with Crippen molar-refractivity contribution in [1.82, 2.24) is 20.2 Å². The predicted octanol–water partition coefficient (Wildman–Crippen LogP) is 1.39. The van der Waals surface area contributed by atoms with Gasteiger partial charge < -0.3 is 15.2 Å². The summed E-state index contributed by atoms with van der Waals surface area (Å²) in [6.45, 7) is 1.71. The van der Waals surface area contributed by atoms with Crippen LogP contribution in [0, 0.1) is 0 Å². The zero-order valence-electron chi connectivity index (χ0n) is 11.0. The van der Waals surface area contributed by atoms with Gasteiger partial charge in [0.25, 0.3) is 5.91 Å². The van der Waals surface area contributed by atoms with Crippen molar-refractivity contribution >= 4 is 16.9 Å². The summed E-state index contributed by atoms with van der Waals surface area (Å²) in [5, 5.41) is 3.16. The first-order chi connectivity index (χ1) is 9.29. The number of likely N-dealkylation sites (tertiary alicyclic amines) is 1. The van der Waals surface area contributed by atoms with E-state index in [1.807, 2.05) is 30.1 Å². The van der Waals surface area contributed by atoms with E-state index in [4.69, 9.17) is 0 Å². The number of fused-ring (bicyclic) bond motifs is 1. The minimum Gasteiger partial charge on any atom is -0.345 e. The molecule has 2 N–H and O–H groups in total. The summed E-state index contributed by atoms with van der Waals surface area (Å²) in [4.78, 5) is 21.8. The van der Waals surface area contributed by atoms with Crippen LogP contribution in [0.3, 0.4) is 0 Å². The predicted molar refractivity (Wildman–Crippen MR) is 74.1 cm³/mol. The molecule has 2 aromatic rings. The zero-order valence-corrected chi connectivity index (χ0v) is 11.0. The maximum atomic E-state index is 12.6. The van der Waals surface area contributed by atoms with E-state index in [9.17, 15) is 4.79 Å². The number of aromatic nitrogens is 2. The number of nitrogens with zero attached hydrogens (tertiary/aromatic N) is 2. The van der Waals surface area contributed by atoms with E-state index in [0.717, 1.165) is 42.5 Å². The fraction of sp³-hybridized carbons (Fsp3) is 0.429. The molecule has 2 heterocycles.